The third-order valence-electron chi connectivity index (χ3n) is 5.93. The van der Waals surface area contributed by atoms with Crippen LogP contribution in [0.1, 0.15) is 45.1 Å². The average molecular weight is 416 g/mol. The molecule has 7 heteroatoms. The summed E-state index contributed by atoms with van der Waals surface area (Å²) in [6, 6.07) is 8.10. The van der Waals surface area contributed by atoms with Crippen LogP contribution in [-0.2, 0) is 10.3 Å². The number of hydrogen-bond donors (Lipinski definition) is 2. The molecule has 154 valence electrons. The molecule has 0 saturated carbocycles. The second kappa shape index (κ2) is 7.50. The Morgan fingerprint density at radius 2 is 2.14 bits per heavy atom. The molecule has 0 aliphatic carbocycles. The van der Waals surface area contributed by atoms with Crippen LogP contribution in [-0.4, -0.2) is 34.4 Å². The molecular weight excluding hydrogens is 390 g/mol. The van der Waals surface area contributed by atoms with Crippen molar-refractivity contribution in [2.24, 2.45) is 10.7 Å². The van der Waals surface area contributed by atoms with Gasteiger partial charge in [0.05, 0.1) is 10.6 Å². The molecule has 3 N–H and O–H groups in total. The van der Waals surface area contributed by atoms with Gasteiger partial charge in [-0.25, -0.2) is 4.99 Å². The standard InChI is InChI=1S/C22H26ClN3O3/c1-3-21(2,27)7-6-17-10-22(13-28-20(24)26-22)18-9-14(4-5-19(18)29-17)15-8-16(23)12-25-11-15/h4-5,8-9,11-12,17,27H,3,6-7,10,13H2,1-2H3,(H2,24,26)/t17-,21?,22-/m0/s1. The van der Waals surface area contributed by atoms with Crippen molar-refractivity contribution in [3.8, 4) is 16.9 Å². The van der Waals surface area contributed by atoms with Crippen LogP contribution in [0.4, 0.5) is 0 Å². The molecule has 1 spiro atoms. The Labute approximate surface area is 175 Å². The summed E-state index contributed by atoms with van der Waals surface area (Å²) in [4.78, 5) is 8.86. The van der Waals surface area contributed by atoms with Gasteiger partial charge < -0.3 is 20.3 Å². The third-order valence-corrected chi connectivity index (χ3v) is 6.13. The van der Waals surface area contributed by atoms with Gasteiger partial charge in [0.2, 0.25) is 0 Å². The molecule has 3 atom stereocenters. The van der Waals surface area contributed by atoms with E-state index in [1.165, 1.54) is 0 Å². The first-order valence-corrected chi connectivity index (χ1v) is 10.3. The maximum atomic E-state index is 10.4. The van der Waals surface area contributed by atoms with E-state index in [1.807, 2.05) is 32.0 Å². The highest BCUT2D eigenvalue weighted by Crippen LogP contribution is 2.47. The molecular formula is C22H26ClN3O3. The van der Waals surface area contributed by atoms with Crippen molar-refractivity contribution < 1.29 is 14.6 Å². The van der Waals surface area contributed by atoms with Crippen molar-refractivity contribution in [3.63, 3.8) is 0 Å². The minimum Gasteiger partial charge on any atom is -0.490 e. The summed E-state index contributed by atoms with van der Waals surface area (Å²) in [5, 5.41) is 11.0. The maximum Gasteiger partial charge on any atom is 0.283 e. The lowest BCUT2D eigenvalue weighted by Gasteiger charge is -2.37. The van der Waals surface area contributed by atoms with Crippen LogP contribution in [0.2, 0.25) is 5.02 Å². The van der Waals surface area contributed by atoms with Crippen LogP contribution in [0, 0.1) is 0 Å². The lowest BCUT2D eigenvalue weighted by molar-refractivity contribution is 0.0226. The molecule has 0 bridgehead atoms. The highest BCUT2D eigenvalue weighted by Gasteiger charge is 2.46. The Morgan fingerprint density at radius 3 is 2.83 bits per heavy atom. The minimum absolute atomic E-state index is 0.0718. The number of aliphatic hydroxyl groups is 1. The lowest BCUT2D eigenvalue weighted by atomic mass is 9.80. The Morgan fingerprint density at radius 1 is 1.31 bits per heavy atom. The number of aromatic nitrogens is 1. The lowest BCUT2D eigenvalue weighted by Crippen LogP contribution is -2.39. The number of halogens is 1. The normalized spacial score (nSPS) is 25.0. The van der Waals surface area contributed by atoms with E-state index < -0.39 is 11.1 Å². The van der Waals surface area contributed by atoms with Gasteiger partial charge in [0.1, 0.15) is 24.0 Å². The molecule has 2 aliphatic heterocycles. The highest BCUT2D eigenvalue weighted by molar-refractivity contribution is 6.30. The highest BCUT2D eigenvalue weighted by atomic mass is 35.5. The number of ether oxygens (including phenoxy) is 2. The predicted octanol–water partition coefficient (Wildman–Crippen LogP) is 4.03. The Bertz CT molecular complexity index is 947. The Kier molecular flexibility index (Phi) is 5.17. The quantitative estimate of drug-likeness (QED) is 0.769. The SMILES string of the molecule is CCC(C)(O)CC[C@H]1C[C@]2(COC(N)=N2)c2cc(-c3cncc(Cl)c3)ccc2O1. The van der Waals surface area contributed by atoms with Crippen molar-refractivity contribution in [2.75, 3.05) is 6.61 Å². The van der Waals surface area contributed by atoms with Crippen molar-refractivity contribution in [1.82, 2.24) is 4.98 Å². The van der Waals surface area contributed by atoms with Gasteiger partial charge in [0.25, 0.3) is 6.02 Å². The average Bonchev–Trinajstić information content (AvgIpc) is 3.07. The molecule has 2 aliphatic rings. The van der Waals surface area contributed by atoms with E-state index in [0.29, 0.717) is 30.9 Å². The largest absolute Gasteiger partial charge is 0.490 e. The van der Waals surface area contributed by atoms with E-state index in [2.05, 4.69) is 16.0 Å². The number of aliphatic imine (C=N–C) groups is 1. The molecule has 2 aromatic rings. The van der Waals surface area contributed by atoms with Crippen LogP contribution < -0.4 is 10.5 Å². The minimum atomic E-state index is -0.700. The molecule has 0 amide bonds. The first-order valence-electron chi connectivity index (χ1n) is 9.93. The van der Waals surface area contributed by atoms with Gasteiger partial charge in [-0.15, -0.1) is 0 Å². The van der Waals surface area contributed by atoms with Crippen LogP contribution in [0.3, 0.4) is 0 Å². The molecule has 3 heterocycles. The van der Waals surface area contributed by atoms with Gasteiger partial charge in [-0.05, 0) is 49.9 Å². The zero-order valence-electron chi connectivity index (χ0n) is 16.7. The molecule has 29 heavy (non-hydrogen) atoms. The predicted molar refractivity (Wildman–Crippen MR) is 113 cm³/mol. The number of benzene rings is 1. The van der Waals surface area contributed by atoms with E-state index in [0.717, 1.165) is 28.9 Å². The first kappa shape index (κ1) is 20.0. The number of amidine groups is 1. The summed E-state index contributed by atoms with van der Waals surface area (Å²) in [5.74, 6) is 0.776. The second-order valence-electron chi connectivity index (χ2n) is 8.21. The van der Waals surface area contributed by atoms with Gasteiger partial charge in [-0.2, -0.15) is 0 Å². The van der Waals surface area contributed by atoms with Crippen molar-refractivity contribution in [1.29, 1.82) is 0 Å². The number of pyridine rings is 1. The smallest absolute Gasteiger partial charge is 0.283 e. The molecule has 1 aromatic heterocycles. The van der Waals surface area contributed by atoms with Gasteiger partial charge in [0, 0.05) is 29.9 Å². The van der Waals surface area contributed by atoms with Crippen LogP contribution in [0.5, 0.6) is 5.75 Å². The number of rotatable bonds is 5. The molecule has 0 fully saturated rings. The monoisotopic (exact) mass is 415 g/mol. The molecule has 0 radical (unpaired) electrons. The van der Waals surface area contributed by atoms with E-state index in [4.69, 9.17) is 26.8 Å². The van der Waals surface area contributed by atoms with Gasteiger partial charge in [-0.3, -0.25) is 4.98 Å². The zero-order chi connectivity index (χ0) is 20.6. The van der Waals surface area contributed by atoms with Gasteiger partial charge in [-0.1, -0.05) is 24.6 Å². The summed E-state index contributed by atoms with van der Waals surface area (Å²) in [5.41, 5.74) is 7.47. The summed E-state index contributed by atoms with van der Waals surface area (Å²) in [6.07, 6.45) is 6.06. The van der Waals surface area contributed by atoms with Gasteiger partial charge >= 0.3 is 0 Å². The second-order valence-corrected chi connectivity index (χ2v) is 8.64. The van der Waals surface area contributed by atoms with E-state index in [-0.39, 0.29) is 12.1 Å². The van der Waals surface area contributed by atoms with E-state index in [1.54, 1.807) is 12.4 Å². The summed E-state index contributed by atoms with van der Waals surface area (Å²) in [6.45, 7) is 4.23. The number of hydrogen-bond acceptors (Lipinski definition) is 6. The molecule has 4 rings (SSSR count). The summed E-state index contributed by atoms with van der Waals surface area (Å²) in [7, 11) is 0. The first-order chi connectivity index (χ1) is 13.8. The van der Waals surface area contributed by atoms with Crippen molar-refractivity contribution >= 4 is 17.6 Å². The third kappa shape index (κ3) is 4.05. The molecule has 1 unspecified atom stereocenters. The molecule has 6 nitrogen and oxygen atoms in total. The molecule has 0 saturated heterocycles. The Hall–Kier alpha value is -2.31. The van der Waals surface area contributed by atoms with Crippen LogP contribution in [0.15, 0.2) is 41.7 Å². The summed E-state index contributed by atoms with van der Waals surface area (Å²) < 4.78 is 11.9. The summed E-state index contributed by atoms with van der Waals surface area (Å²) >= 11 is 6.11. The van der Waals surface area contributed by atoms with Crippen LogP contribution >= 0.6 is 11.6 Å². The number of nitrogens with zero attached hydrogens (tertiary/aromatic N) is 2. The molecule has 1 aromatic carbocycles. The van der Waals surface area contributed by atoms with E-state index >= 15 is 0 Å². The van der Waals surface area contributed by atoms with Crippen molar-refractivity contribution in [3.05, 3.63) is 47.2 Å². The fourth-order valence-corrected chi connectivity index (χ4v) is 4.15. The zero-order valence-corrected chi connectivity index (χ0v) is 17.4. The number of fused-ring (bicyclic) bond motifs is 2. The van der Waals surface area contributed by atoms with E-state index in [9.17, 15) is 5.11 Å². The van der Waals surface area contributed by atoms with Gasteiger partial charge in [0.15, 0.2) is 0 Å². The topological polar surface area (TPSA) is 90.0 Å². The van der Waals surface area contributed by atoms with Crippen LogP contribution in [0.25, 0.3) is 11.1 Å². The maximum absolute atomic E-state index is 10.4. The fraction of sp³-hybridized carbons (Fsp3) is 0.455. The fourth-order valence-electron chi connectivity index (χ4n) is 3.97. The number of nitrogens with two attached hydrogens (primary N) is 1. The Balaban J connectivity index is 1.69. The van der Waals surface area contributed by atoms with Crippen molar-refractivity contribution in [2.45, 2.75) is 56.8 Å².